The van der Waals surface area contributed by atoms with Crippen LogP contribution in [-0.4, -0.2) is 22.0 Å². The molecule has 0 saturated carbocycles. The van der Waals surface area contributed by atoms with Crippen LogP contribution in [0.5, 0.6) is 0 Å². The first-order valence-corrected chi connectivity index (χ1v) is 9.85. The van der Waals surface area contributed by atoms with Crippen LogP contribution in [0.1, 0.15) is 78.1 Å². The molecule has 132 valence electrons. The van der Waals surface area contributed by atoms with E-state index in [2.05, 4.69) is 63.5 Å². The Balaban J connectivity index is -0.000000333. The maximum atomic E-state index is 4.97. The molecule has 0 aromatic heterocycles. The average Bonchev–Trinajstić information content (AvgIpc) is 2.46. The van der Waals surface area contributed by atoms with Gasteiger partial charge in [-0.1, -0.05) is 65.2 Å². The second kappa shape index (κ2) is 25.1. The summed E-state index contributed by atoms with van der Waals surface area (Å²) < 4.78 is 10.4. The molecule has 23 heavy (non-hydrogen) atoms. The van der Waals surface area contributed by atoms with E-state index < -0.39 is 0 Å². The van der Waals surface area contributed by atoms with Gasteiger partial charge < -0.3 is 59.2 Å². The Morgan fingerprint density at radius 1 is 0.652 bits per heavy atom. The van der Waals surface area contributed by atoms with E-state index in [-0.39, 0.29) is 28.2 Å². The molecule has 0 aliphatic heterocycles. The Hall–Kier alpha value is 0.843. The third-order valence-electron chi connectivity index (χ3n) is 2.94. The minimum atomic E-state index is 0. The summed E-state index contributed by atoms with van der Waals surface area (Å²) in [6, 6.07) is 0. The van der Waals surface area contributed by atoms with Crippen LogP contribution in [0, 0.1) is 0 Å². The van der Waals surface area contributed by atoms with Crippen molar-refractivity contribution in [2.75, 3.05) is 13.2 Å². The largest absolute Gasteiger partial charge is 2.00 e. The van der Waals surface area contributed by atoms with Gasteiger partial charge in [-0.25, -0.2) is 0 Å². The van der Waals surface area contributed by atoms with Gasteiger partial charge in [-0.2, -0.15) is 0 Å². The van der Waals surface area contributed by atoms with Crippen molar-refractivity contribution in [3.05, 3.63) is 0 Å². The number of ether oxygens (including phenoxy) is 2. The molecule has 0 aromatic rings. The summed E-state index contributed by atoms with van der Waals surface area (Å²) in [6.45, 7) is 5.81. The molecule has 0 spiro atoms. The summed E-state index contributed by atoms with van der Waals surface area (Å²) in [5.41, 5.74) is 0. The first-order chi connectivity index (χ1) is 10.5. The van der Waals surface area contributed by atoms with Crippen LogP contribution in [0.3, 0.4) is 0 Å². The van der Waals surface area contributed by atoms with Crippen molar-refractivity contribution in [2.45, 2.75) is 78.1 Å². The molecular weight excluding hydrogens is 418 g/mol. The Kier molecular flexibility index (Phi) is 31.2. The normalized spacial score (nSPS) is 9.13. The molecule has 0 bridgehead atoms. The molecule has 0 fully saturated rings. The van der Waals surface area contributed by atoms with E-state index in [0.29, 0.717) is 13.2 Å². The standard InChI is InChI=1S/2C8H16OS2.Zn/c2*1-2-3-4-5-6-7-9-8(10)11;/h2*2-7H2,1H3,(H,10,11);/q;;+2/p-2. The molecule has 0 aromatic carbocycles. The molecule has 7 heteroatoms. The molecule has 0 aliphatic carbocycles. The molecule has 0 aliphatic rings. The smallest absolute Gasteiger partial charge is 0.514 e. The van der Waals surface area contributed by atoms with E-state index in [0.717, 1.165) is 12.8 Å². The monoisotopic (exact) mass is 446 g/mol. The topological polar surface area (TPSA) is 18.5 Å². The molecule has 0 atom stereocenters. The first-order valence-electron chi connectivity index (χ1n) is 8.22. The molecule has 0 saturated heterocycles. The Labute approximate surface area is 177 Å². The van der Waals surface area contributed by atoms with Crippen LogP contribution in [0.4, 0.5) is 0 Å². The van der Waals surface area contributed by atoms with Gasteiger partial charge in [0.2, 0.25) is 0 Å². The van der Waals surface area contributed by atoms with Gasteiger partial charge >= 0.3 is 19.5 Å². The van der Waals surface area contributed by atoms with Crippen molar-refractivity contribution in [3.63, 3.8) is 0 Å². The maximum absolute atomic E-state index is 4.97. The van der Waals surface area contributed by atoms with E-state index in [9.17, 15) is 0 Å². The second-order valence-corrected chi connectivity index (χ2v) is 7.03. The van der Waals surface area contributed by atoms with Crippen molar-refractivity contribution in [3.8, 4) is 0 Å². The molecule has 2 nitrogen and oxygen atoms in total. The van der Waals surface area contributed by atoms with Crippen molar-refractivity contribution in [1.82, 2.24) is 0 Å². The van der Waals surface area contributed by atoms with Crippen molar-refractivity contribution >= 4 is 58.5 Å². The van der Waals surface area contributed by atoms with Gasteiger partial charge in [0.1, 0.15) is 0 Å². The minimum Gasteiger partial charge on any atom is -0.514 e. The predicted molar refractivity (Wildman–Crippen MR) is 109 cm³/mol. The van der Waals surface area contributed by atoms with E-state index in [1.165, 1.54) is 51.4 Å². The summed E-state index contributed by atoms with van der Waals surface area (Å²) in [5.74, 6) is 0. The molecule has 0 amide bonds. The van der Waals surface area contributed by atoms with E-state index in [1.54, 1.807) is 0 Å². The quantitative estimate of drug-likeness (QED) is 0.166. The van der Waals surface area contributed by atoms with Gasteiger partial charge in [0.25, 0.3) is 0 Å². The zero-order valence-corrected chi connectivity index (χ0v) is 20.9. The van der Waals surface area contributed by atoms with Gasteiger partial charge in [0.15, 0.2) is 0 Å². The Morgan fingerprint density at radius 2 is 0.957 bits per heavy atom. The predicted octanol–water partition coefficient (Wildman–Crippen LogP) is 5.61. The van der Waals surface area contributed by atoms with E-state index >= 15 is 0 Å². The van der Waals surface area contributed by atoms with Crippen molar-refractivity contribution < 1.29 is 29.0 Å². The van der Waals surface area contributed by atoms with Gasteiger partial charge in [-0.3, -0.25) is 0 Å². The van der Waals surface area contributed by atoms with Gasteiger partial charge in [-0.15, -0.1) is 0 Å². The molecule has 0 unspecified atom stereocenters. The van der Waals surface area contributed by atoms with Crippen LogP contribution < -0.4 is 0 Å². The first kappa shape index (κ1) is 28.6. The van der Waals surface area contributed by atoms with Crippen LogP contribution in [-0.2, 0) is 54.2 Å². The number of hydrogen-bond donors (Lipinski definition) is 0. The van der Waals surface area contributed by atoms with Gasteiger partial charge in [0, 0.05) is 8.77 Å². The SMILES string of the molecule is CCCCCCCOC(=S)[S-].CCCCCCCOC(=S)[S-].[Zn+2]. The van der Waals surface area contributed by atoms with Crippen molar-refractivity contribution in [1.29, 1.82) is 0 Å². The molecule has 0 N–H and O–H groups in total. The Morgan fingerprint density at radius 3 is 1.22 bits per heavy atom. The van der Waals surface area contributed by atoms with E-state index in [1.807, 2.05) is 0 Å². The molecule has 0 radical (unpaired) electrons. The van der Waals surface area contributed by atoms with Crippen molar-refractivity contribution in [2.24, 2.45) is 0 Å². The number of unbranched alkanes of at least 4 members (excludes halogenated alkanes) is 8. The van der Waals surface area contributed by atoms with Crippen LogP contribution in [0.2, 0.25) is 0 Å². The zero-order valence-electron chi connectivity index (χ0n) is 14.6. The molecule has 0 rings (SSSR count). The summed E-state index contributed by atoms with van der Waals surface area (Å²) in [4.78, 5) is 0. The zero-order chi connectivity index (χ0) is 17.1. The van der Waals surface area contributed by atoms with Gasteiger partial charge in [0.05, 0.1) is 13.2 Å². The Bertz CT molecular complexity index is 240. The molecule has 0 heterocycles. The summed E-state index contributed by atoms with van der Waals surface area (Å²) >= 11 is 18.4. The van der Waals surface area contributed by atoms with Gasteiger partial charge in [-0.05, 0) is 12.8 Å². The summed E-state index contributed by atoms with van der Waals surface area (Å²) in [7, 11) is 0. The third kappa shape index (κ3) is 35.0. The number of rotatable bonds is 12. The number of hydrogen-bond acceptors (Lipinski definition) is 6. The fourth-order valence-corrected chi connectivity index (χ4v) is 2.06. The maximum Gasteiger partial charge on any atom is 2.00 e. The van der Waals surface area contributed by atoms with Crippen LogP contribution in [0.25, 0.3) is 0 Å². The van der Waals surface area contributed by atoms with E-state index in [4.69, 9.17) is 9.47 Å². The average molecular weight is 448 g/mol. The molecular formula is C16H30O2S4Zn. The second-order valence-electron chi connectivity index (χ2n) is 5.03. The summed E-state index contributed by atoms with van der Waals surface area (Å²) in [6.07, 6.45) is 12.4. The van der Waals surface area contributed by atoms with Crippen LogP contribution >= 0.6 is 24.4 Å². The summed E-state index contributed by atoms with van der Waals surface area (Å²) in [5, 5.41) is 0. The minimum absolute atomic E-state index is 0. The fraction of sp³-hybridized carbons (Fsp3) is 0.875. The number of thiocarbonyl (C=S) groups is 2. The third-order valence-corrected chi connectivity index (χ3v) is 3.41. The van der Waals surface area contributed by atoms with Crippen LogP contribution in [0.15, 0.2) is 0 Å². The fourth-order valence-electron chi connectivity index (χ4n) is 1.72.